The predicted octanol–water partition coefficient (Wildman–Crippen LogP) is 3.18. The second-order valence-electron chi connectivity index (χ2n) is 3.54. The Balaban J connectivity index is 4.61. The van der Waals surface area contributed by atoms with Gasteiger partial charge in [-0.2, -0.15) is 0 Å². The van der Waals surface area contributed by atoms with Crippen LogP contribution in [0.5, 0.6) is 0 Å². The van der Waals surface area contributed by atoms with Crippen molar-refractivity contribution in [1.82, 2.24) is 0 Å². The molecule has 0 fully saturated rings. The van der Waals surface area contributed by atoms with Crippen LogP contribution in [0.3, 0.4) is 0 Å². The first-order valence-corrected chi connectivity index (χ1v) is 3.86. The minimum absolute atomic E-state index is 0.143. The molecule has 0 aliphatic rings. The van der Waals surface area contributed by atoms with Gasteiger partial charge < -0.3 is 5.41 Å². The summed E-state index contributed by atoms with van der Waals surface area (Å²) >= 11 is 0. The van der Waals surface area contributed by atoms with E-state index in [4.69, 9.17) is 5.41 Å². The Morgan fingerprint density at radius 3 is 2.09 bits per heavy atom. The Labute approximate surface area is 69.3 Å². The maximum absolute atomic E-state index is 6.96. The third kappa shape index (κ3) is 3.76. The molecule has 0 bridgehead atoms. The Morgan fingerprint density at radius 1 is 1.27 bits per heavy atom. The number of allylic oxidation sites excluding steroid dienone is 4. The quantitative estimate of drug-likeness (QED) is 0.463. The number of rotatable bonds is 2. The molecule has 0 aromatic rings. The fourth-order valence-electron chi connectivity index (χ4n) is 0.825. The molecule has 0 amide bonds. The molecule has 11 heavy (non-hydrogen) atoms. The zero-order valence-corrected chi connectivity index (χ0v) is 7.81. The second kappa shape index (κ2) is 4.12. The molecule has 0 unspecified atom stereocenters. The summed E-state index contributed by atoms with van der Waals surface area (Å²) in [6.07, 6.45) is 7.21. The lowest BCUT2D eigenvalue weighted by Gasteiger charge is -2.19. The van der Waals surface area contributed by atoms with E-state index in [-0.39, 0.29) is 5.41 Å². The van der Waals surface area contributed by atoms with Gasteiger partial charge in [-0.3, -0.25) is 0 Å². The highest BCUT2D eigenvalue weighted by atomic mass is 14.3. The SMILES string of the molecule is C/C=C/C(=C\C=N)C(C)(C)C. The molecule has 0 saturated heterocycles. The molecule has 1 nitrogen and oxygen atoms in total. The van der Waals surface area contributed by atoms with E-state index in [1.165, 1.54) is 11.8 Å². The highest BCUT2D eigenvalue weighted by molar-refractivity contribution is 5.70. The fourth-order valence-corrected chi connectivity index (χ4v) is 0.825. The van der Waals surface area contributed by atoms with Gasteiger partial charge in [0.1, 0.15) is 0 Å². The molecular weight excluding hydrogens is 134 g/mol. The molecule has 0 heterocycles. The molecular formula is C10H17N. The van der Waals surface area contributed by atoms with Gasteiger partial charge in [-0.15, -0.1) is 0 Å². The van der Waals surface area contributed by atoms with Gasteiger partial charge in [-0.25, -0.2) is 0 Å². The first-order valence-electron chi connectivity index (χ1n) is 3.86. The van der Waals surface area contributed by atoms with Gasteiger partial charge in [0.15, 0.2) is 0 Å². The molecule has 0 atom stereocenters. The minimum atomic E-state index is 0.143. The molecule has 0 aromatic heterocycles. The predicted molar refractivity (Wildman–Crippen MR) is 51.1 cm³/mol. The number of nitrogens with one attached hydrogen (secondary N) is 1. The monoisotopic (exact) mass is 151 g/mol. The zero-order valence-electron chi connectivity index (χ0n) is 7.81. The van der Waals surface area contributed by atoms with Crippen molar-refractivity contribution in [2.45, 2.75) is 27.7 Å². The third-order valence-corrected chi connectivity index (χ3v) is 1.48. The van der Waals surface area contributed by atoms with E-state index in [9.17, 15) is 0 Å². The van der Waals surface area contributed by atoms with Crippen LogP contribution in [0.2, 0.25) is 0 Å². The van der Waals surface area contributed by atoms with Crippen molar-refractivity contribution in [3.05, 3.63) is 23.8 Å². The molecule has 0 aliphatic carbocycles. The molecule has 62 valence electrons. The van der Waals surface area contributed by atoms with Crippen LogP contribution in [0.25, 0.3) is 0 Å². The summed E-state index contributed by atoms with van der Waals surface area (Å²) in [5.41, 5.74) is 1.33. The first kappa shape index (κ1) is 10.2. The fraction of sp³-hybridized carbons (Fsp3) is 0.500. The molecule has 1 heteroatoms. The maximum atomic E-state index is 6.96. The van der Waals surface area contributed by atoms with Crippen molar-refractivity contribution in [2.24, 2.45) is 5.41 Å². The van der Waals surface area contributed by atoms with Crippen molar-refractivity contribution < 1.29 is 0 Å². The summed E-state index contributed by atoms with van der Waals surface area (Å²) in [7, 11) is 0. The van der Waals surface area contributed by atoms with Crippen molar-refractivity contribution >= 4 is 6.21 Å². The summed E-state index contributed by atoms with van der Waals surface area (Å²) in [6.45, 7) is 8.41. The maximum Gasteiger partial charge on any atom is 0.0180 e. The van der Waals surface area contributed by atoms with E-state index in [0.717, 1.165) is 0 Å². The lowest BCUT2D eigenvalue weighted by Crippen LogP contribution is -2.07. The van der Waals surface area contributed by atoms with E-state index in [2.05, 4.69) is 20.8 Å². The van der Waals surface area contributed by atoms with Gasteiger partial charge in [-0.05, 0) is 24.0 Å². The van der Waals surface area contributed by atoms with Crippen LogP contribution in [0.4, 0.5) is 0 Å². The van der Waals surface area contributed by atoms with Gasteiger partial charge in [0.05, 0.1) is 0 Å². The first-order chi connectivity index (χ1) is 5.02. The van der Waals surface area contributed by atoms with Gasteiger partial charge in [0, 0.05) is 6.21 Å². The average molecular weight is 151 g/mol. The summed E-state index contributed by atoms with van der Waals surface area (Å²) in [5.74, 6) is 0. The van der Waals surface area contributed by atoms with Crippen molar-refractivity contribution in [1.29, 1.82) is 5.41 Å². The Bertz CT molecular complexity index is 180. The Kier molecular flexibility index (Phi) is 3.80. The Morgan fingerprint density at radius 2 is 1.82 bits per heavy atom. The van der Waals surface area contributed by atoms with Crippen LogP contribution in [-0.4, -0.2) is 6.21 Å². The number of hydrogen-bond acceptors (Lipinski definition) is 1. The van der Waals surface area contributed by atoms with E-state index in [0.29, 0.717) is 0 Å². The van der Waals surface area contributed by atoms with Crippen molar-refractivity contribution in [3.8, 4) is 0 Å². The molecule has 1 N–H and O–H groups in total. The molecule has 0 rings (SSSR count). The molecule has 0 radical (unpaired) electrons. The summed E-state index contributed by atoms with van der Waals surface area (Å²) in [5, 5.41) is 6.96. The van der Waals surface area contributed by atoms with E-state index < -0.39 is 0 Å². The summed E-state index contributed by atoms with van der Waals surface area (Å²) < 4.78 is 0. The third-order valence-electron chi connectivity index (χ3n) is 1.48. The molecule has 0 spiro atoms. The minimum Gasteiger partial charge on any atom is -0.309 e. The standard InChI is InChI=1S/C10H17N/c1-5-6-9(7-8-11)10(2,3)4/h5-8,11H,1-4H3/b6-5+,9-7+,11-8?. The van der Waals surface area contributed by atoms with Gasteiger partial charge in [0.25, 0.3) is 0 Å². The highest BCUT2D eigenvalue weighted by Crippen LogP contribution is 2.25. The second-order valence-corrected chi connectivity index (χ2v) is 3.54. The topological polar surface area (TPSA) is 23.9 Å². The smallest absolute Gasteiger partial charge is 0.0180 e. The largest absolute Gasteiger partial charge is 0.309 e. The van der Waals surface area contributed by atoms with E-state index in [1.807, 2.05) is 25.2 Å². The molecule has 0 aliphatic heterocycles. The van der Waals surface area contributed by atoms with Crippen LogP contribution < -0.4 is 0 Å². The van der Waals surface area contributed by atoms with E-state index in [1.54, 1.807) is 0 Å². The highest BCUT2D eigenvalue weighted by Gasteiger charge is 2.12. The zero-order chi connectivity index (χ0) is 8.91. The molecule has 0 aromatic carbocycles. The lowest BCUT2D eigenvalue weighted by atomic mass is 9.86. The van der Waals surface area contributed by atoms with E-state index >= 15 is 0 Å². The number of hydrogen-bond donors (Lipinski definition) is 1. The van der Waals surface area contributed by atoms with Crippen LogP contribution >= 0.6 is 0 Å². The van der Waals surface area contributed by atoms with Crippen molar-refractivity contribution in [3.63, 3.8) is 0 Å². The molecule has 0 saturated carbocycles. The summed E-state index contributed by atoms with van der Waals surface area (Å²) in [4.78, 5) is 0. The van der Waals surface area contributed by atoms with Crippen molar-refractivity contribution in [2.75, 3.05) is 0 Å². The van der Waals surface area contributed by atoms with Gasteiger partial charge in [-0.1, -0.05) is 32.9 Å². The van der Waals surface area contributed by atoms with Gasteiger partial charge in [0.2, 0.25) is 0 Å². The average Bonchev–Trinajstić information content (AvgIpc) is 1.85. The lowest BCUT2D eigenvalue weighted by molar-refractivity contribution is 0.517. The van der Waals surface area contributed by atoms with Crippen LogP contribution in [-0.2, 0) is 0 Å². The summed E-state index contributed by atoms with van der Waals surface area (Å²) in [6, 6.07) is 0. The Hall–Kier alpha value is -0.850. The van der Waals surface area contributed by atoms with Crippen LogP contribution in [0.1, 0.15) is 27.7 Å². The normalized spacial score (nSPS) is 14.0. The van der Waals surface area contributed by atoms with Crippen LogP contribution in [0.15, 0.2) is 23.8 Å². The van der Waals surface area contributed by atoms with Gasteiger partial charge >= 0.3 is 0 Å². The van der Waals surface area contributed by atoms with Crippen LogP contribution in [0, 0.1) is 10.8 Å².